The molecule has 3 rings (SSSR count). The smallest absolute Gasteiger partial charge is 0.243 e. The Bertz CT molecular complexity index is 951. The zero-order chi connectivity index (χ0) is 20.9. The number of carbonyl (C=O) groups excluding carboxylic acids is 1. The molecule has 156 valence electrons. The van der Waals surface area contributed by atoms with Gasteiger partial charge in [-0.3, -0.25) is 4.79 Å². The van der Waals surface area contributed by atoms with Crippen LogP contribution in [0.1, 0.15) is 10.4 Å². The molecule has 0 aliphatic carbocycles. The van der Waals surface area contributed by atoms with Gasteiger partial charge in [0.15, 0.2) is 6.61 Å². The molecule has 0 saturated carbocycles. The number of rotatable bonds is 8. The Balaban J connectivity index is 1.67. The number of morpholine rings is 1. The highest BCUT2D eigenvalue weighted by atomic mass is 32.2. The van der Waals surface area contributed by atoms with Crippen LogP contribution in [0, 0.1) is 0 Å². The summed E-state index contributed by atoms with van der Waals surface area (Å²) in [5, 5.41) is 0. The number of ketones is 1. The first-order valence-electron chi connectivity index (χ1n) is 9.01. The Kier molecular flexibility index (Phi) is 6.73. The second kappa shape index (κ2) is 9.25. The molecule has 9 heteroatoms. The third kappa shape index (κ3) is 4.87. The first kappa shape index (κ1) is 21.1. The van der Waals surface area contributed by atoms with E-state index in [0.29, 0.717) is 49.1 Å². The predicted octanol–water partition coefficient (Wildman–Crippen LogP) is 1.99. The first-order chi connectivity index (χ1) is 14.0. The van der Waals surface area contributed by atoms with Crippen molar-refractivity contribution >= 4 is 15.8 Å². The van der Waals surface area contributed by atoms with Gasteiger partial charge < -0.3 is 18.9 Å². The molecule has 1 fully saturated rings. The van der Waals surface area contributed by atoms with Gasteiger partial charge in [-0.2, -0.15) is 4.31 Å². The summed E-state index contributed by atoms with van der Waals surface area (Å²) in [4.78, 5) is 12.7. The number of Topliss-reactive ketones (excluding diaryl/α,β-unsaturated/α-hetero) is 1. The highest BCUT2D eigenvalue weighted by molar-refractivity contribution is 7.89. The van der Waals surface area contributed by atoms with Gasteiger partial charge in [0.25, 0.3) is 0 Å². The molecule has 1 aliphatic rings. The third-order valence-corrected chi connectivity index (χ3v) is 6.42. The van der Waals surface area contributed by atoms with Gasteiger partial charge in [0.2, 0.25) is 15.8 Å². The molecule has 0 atom stereocenters. The summed E-state index contributed by atoms with van der Waals surface area (Å²) in [7, 11) is -0.577. The first-order valence-corrected chi connectivity index (χ1v) is 10.5. The molecular formula is C20H23NO7S. The van der Waals surface area contributed by atoms with Crippen LogP contribution in [0.15, 0.2) is 47.4 Å². The number of sulfonamides is 1. The van der Waals surface area contributed by atoms with Crippen molar-refractivity contribution in [1.29, 1.82) is 0 Å². The molecule has 0 aromatic heterocycles. The summed E-state index contributed by atoms with van der Waals surface area (Å²) in [6.45, 7) is 1.21. The van der Waals surface area contributed by atoms with Crippen molar-refractivity contribution in [3.8, 4) is 17.2 Å². The van der Waals surface area contributed by atoms with Crippen LogP contribution in [0.2, 0.25) is 0 Å². The molecule has 1 heterocycles. The lowest BCUT2D eigenvalue weighted by atomic mass is 10.1. The van der Waals surface area contributed by atoms with Gasteiger partial charge in [-0.15, -0.1) is 0 Å². The van der Waals surface area contributed by atoms with Gasteiger partial charge in [0.05, 0.1) is 37.9 Å². The molecule has 29 heavy (non-hydrogen) atoms. The zero-order valence-electron chi connectivity index (χ0n) is 16.3. The molecule has 0 spiro atoms. The number of nitrogens with zero attached hydrogens (tertiary/aromatic N) is 1. The molecular weight excluding hydrogens is 398 g/mol. The van der Waals surface area contributed by atoms with Crippen molar-refractivity contribution in [3.63, 3.8) is 0 Å². The van der Waals surface area contributed by atoms with E-state index in [0.717, 1.165) is 0 Å². The van der Waals surface area contributed by atoms with Gasteiger partial charge in [0.1, 0.15) is 17.2 Å². The van der Waals surface area contributed by atoms with Gasteiger partial charge in [-0.1, -0.05) is 0 Å². The summed E-state index contributed by atoms with van der Waals surface area (Å²) in [5.74, 6) is 1.06. The van der Waals surface area contributed by atoms with E-state index in [2.05, 4.69) is 0 Å². The third-order valence-electron chi connectivity index (χ3n) is 4.51. The minimum atomic E-state index is -3.57. The molecule has 2 aromatic carbocycles. The van der Waals surface area contributed by atoms with Crippen LogP contribution in [0.25, 0.3) is 0 Å². The summed E-state index contributed by atoms with van der Waals surface area (Å²) < 4.78 is 47.7. The maximum atomic E-state index is 12.6. The molecule has 2 aromatic rings. The highest BCUT2D eigenvalue weighted by Gasteiger charge is 2.26. The largest absolute Gasteiger partial charge is 0.497 e. The lowest BCUT2D eigenvalue weighted by Gasteiger charge is -2.26. The predicted molar refractivity (Wildman–Crippen MR) is 105 cm³/mol. The molecule has 0 amide bonds. The lowest BCUT2D eigenvalue weighted by Crippen LogP contribution is -2.40. The molecule has 0 unspecified atom stereocenters. The van der Waals surface area contributed by atoms with E-state index < -0.39 is 10.0 Å². The van der Waals surface area contributed by atoms with Crippen LogP contribution in [0.4, 0.5) is 0 Å². The van der Waals surface area contributed by atoms with E-state index >= 15 is 0 Å². The van der Waals surface area contributed by atoms with Gasteiger partial charge in [0, 0.05) is 13.1 Å². The molecule has 1 aliphatic heterocycles. The molecule has 0 bridgehead atoms. The van der Waals surface area contributed by atoms with E-state index in [9.17, 15) is 13.2 Å². The summed E-state index contributed by atoms with van der Waals surface area (Å²) >= 11 is 0. The fraction of sp³-hybridized carbons (Fsp3) is 0.350. The summed E-state index contributed by atoms with van der Waals surface area (Å²) in [5.41, 5.74) is 0.346. The highest BCUT2D eigenvalue weighted by Crippen LogP contribution is 2.25. The molecule has 8 nitrogen and oxygen atoms in total. The number of hydrogen-bond acceptors (Lipinski definition) is 7. The van der Waals surface area contributed by atoms with Crippen LogP contribution in [-0.4, -0.2) is 65.6 Å². The Morgan fingerprint density at radius 2 is 1.66 bits per heavy atom. The topological polar surface area (TPSA) is 91.4 Å². The Labute approximate surface area is 170 Å². The van der Waals surface area contributed by atoms with Crippen LogP contribution in [-0.2, 0) is 14.8 Å². The van der Waals surface area contributed by atoms with E-state index in [1.165, 1.54) is 42.8 Å². The maximum absolute atomic E-state index is 12.6. The second-order valence-corrected chi connectivity index (χ2v) is 8.20. The molecule has 0 N–H and O–H groups in total. The Morgan fingerprint density at radius 1 is 1.00 bits per heavy atom. The van der Waals surface area contributed by atoms with Gasteiger partial charge >= 0.3 is 0 Å². The Hall–Kier alpha value is -2.62. The molecule has 0 radical (unpaired) electrons. The van der Waals surface area contributed by atoms with Crippen molar-refractivity contribution in [2.75, 3.05) is 47.1 Å². The van der Waals surface area contributed by atoms with Crippen molar-refractivity contribution in [2.24, 2.45) is 0 Å². The van der Waals surface area contributed by atoms with Crippen molar-refractivity contribution in [3.05, 3.63) is 48.0 Å². The van der Waals surface area contributed by atoms with Crippen LogP contribution in [0.3, 0.4) is 0 Å². The van der Waals surface area contributed by atoms with Crippen LogP contribution < -0.4 is 14.2 Å². The standard InChI is InChI=1S/C20H23NO7S/c1-25-16-5-8-20(26-2)18(13-16)19(22)14-28-15-3-6-17(7-4-15)29(23,24)21-9-11-27-12-10-21/h3-8,13H,9-12,14H2,1-2H3. The monoisotopic (exact) mass is 421 g/mol. The van der Waals surface area contributed by atoms with E-state index in [4.69, 9.17) is 18.9 Å². The zero-order valence-corrected chi connectivity index (χ0v) is 17.1. The summed E-state index contributed by atoms with van der Waals surface area (Å²) in [6.07, 6.45) is 0. The lowest BCUT2D eigenvalue weighted by molar-refractivity contribution is 0.0730. The number of benzene rings is 2. The quantitative estimate of drug-likeness (QED) is 0.602. The number of ether oxygens (including phenoxy) is 4. The fourth-order valence-corrected chi connectivity index (χ4v) is 4.31. The average Bonchev–Trinajstić information content (AvgIpc) is 2.77. The minimum Gasteiger partial charge on any atom is -0.497 e. The Morgan fingerprint density at radius 3 is 2.28 bits per heavy atom. The normalized spacial score (nSPS) is 15.0. The van der Waals surface area contributed by atoms with Crippen LogP contribution in [0.5, 0.6) is 17.2 Å². The van der Waals surface area contributed by atoms with Gasteiger partial charge in [-0.05, 0) is 42.5 Å². The fourth-order valence-electron chi connectivity index (χ4n) is 2.90. The SMILES string of the molecule is COc1ccc(OC)c(C(=O)COc2ccc(S(=O)(=O)N3CCOCC3)cc2)c1. The second-order valence-electron chi connectivity index (χ2n) is 6.27. The van der Waals surface area contributed by atoms with Crippen molar-refractivity contribution in [2.45, 2.75) is 4.90 Å². The maximum Gasteiger partial charge on any atom is 0.243 e. The van der Waals surface area contributed by atoms with Crippen LogP contribution >= 0.6 is 0 Å². The number of carbonyl (C=O) groups is 1. The summed E-state index contributed by atoms with van der Waals surface area (Å²) in [6, 6.07) is 10.9. The van der Waals surface area contributed by atoms with Gasteiger partial charge in [-0.25, -0.2) is 8.42 Å². The number of hydrogen-bond donors (Lipinski definition) is 0. The van der Waals surface area contributed by atoms with E-state index in [1.807, 2.05) is 0 Å². The average molecular weight is 421 g/mol. The van der Waals surface area contributed by atoms with Crippen molar-refractivity contribution < 1.29 is 32.2 Å². The molecule has 1 saturated heterocycles. The van der Waals surface area contributed by atoms with E-state index in [1.54, 1.807) is 18.2 Å². The van der Waals surface area contributed by atoms with E-state index in [-0.39, 0.29) is 17.3 Å². The van der Waals surface area contributed by atoms with Crippen molar-refractivity contribution in [1.82, 2.24) is 4.31 Å². The minimum absolute atomic E-state index is 0.174. The number of methoxy groups -OCH3 is 2.